The third kappa shape index (κ3) is 2.83. The van der Waals surface area contributed by atoms with Crippen LogP contribution in [0.3, 0.4) is 0 Å². The van der Waals surface area contributed by atoms with Crippen LogP contribution in [0, 0.1) is 0 Å². The van der Waals surface area contributed by atoms with Gasteiger partial charge in [-0.1, -0.05) is 35.3 Å². The van der Waals surface area contributed by atoms with E-state index in [4.69, 9.17) is 33.5 Å². The molecule has 0 aliphatic carbocycles. The van der Waals surface area contributed by atoms with Crippen LogP contribution < -0.4 is 5.73 Å². The Morgan fingerprint density at radius 3 is 2.33 bits per heavy atom. The predicted molar refractivity (Wildman–Crippen MR) is 71.8 cm³/mol. The van der Waals surface area contributed by atoms with Gasteiger partial charge in [-0.3, -0.25) is 0 Å². The molecule has 4 nitrogen and oxygen atoms in total. The van der Waals surface area contributed by atoms with Crippen molar-refractivity contribution in [1.29, 1.82) is 0 Å². The maximum absolute atomic E-state index is 5.93. The number of hydrogen-bond donors (Lipinski definition) is 1. The minimum atomic E-state index is -0.0544. The molecule has 96 valence electrons. The van der Waals surface area contributed by atoms with E-state index in [9.17, 15) is 0 Å². The lowest BCUT2D eigenvalue weighted by molar-refractivity contribution is 0.347. The Morgan fingerprint density at radius 1 is 1.17 bits per heavy atom. The number of rotatable bonds is 3. The van der Waals surface area contributed by atoms with E-state index < -0.39 is 0 Å². The summed E-state index contributed by atoms with van der Waals surface area (Å²) in [7, 11) is 0. The van der Waals surface area contributed by atoms with Gasteiger partial charge in [0.1, 0.15) is 0 Å². The lowest BCUT2D eigenvalue weighted by Gasteiger charge is -2.09. The van der Waals surface area contributed by atoms with Crippen LogP contribution in [0.15, 0.2) is 22.7 Å². The molecular weight excluding hydrogens is 273 g/mol. The molecular formula is C12H13Cl2N3O. The Balaban J connectivity index is 2.35. The first-order valence-corrected chi connectivity index (χ1v) is 6.28. The van der Waals surface area contributed by atoms with Crippen LogP contribution in [0.25, 0.3) is 11.4 Å². The Morgan fingerprint density at radius 2 is 1.78 bits per heavy atom. The lowest BCUT2D eigenvalue weighted by atomic mass is 10.1. The molecule has 0 spiro atoms. The first kappa shape index (κ1) is 13.3. The molecule has 2 atom stereocenters. The zero-order valence-electron chi connectivity index (χ0n) is 10.0. The SMILES string of the molecule is CC(N)C(C)c1nc(-c2cc(Cl)cc(Cl)c2)no1. The molecule has 6 heteroatoms. The number of nitrogens with two attached hydrogens (primary N) is 1. The Kier molecular flexibility index (Phi) is 3.90. The summed E-state index contributed by atoms with van der Waals surface area (Å²) in [4.78, 5) is 4.31. The van der Waals surface area contributed by atoms with Crippen molar-refractivity contribution in [2.75, 3.05) is 0 Å². The average Bonchev–Trinajstić information content (AvgIpc) is 2.75. The fraction of sp³-hybridized carbons (Fsp3) is 0.333. The Bertz CT molecular complexity index is 534. The summed E-state index contributed by atoms with van der Waals surface area (Å²) in [5.74, 6) is 0.971. The van der Waals surface area contributed by atoms with Crippen LogP contribution in [-0.4, -0.2) is 16.2 Å². The largest absolute Gasteiger partial charge is 0.339 e. The first-order valence-electron chi connectivity index (χ1n) is 5.53. The zero-order chi connectivity index (χ0) is 13.3. The van der Waals surface area contributed by atoms with E-state index in [0.29, 0.717) is 21.8 Å². The second kappa shape index (κ2) is 5.26. The van der Waals surface area contributed by atoms with E-state index in [0.717, 1.165) is 5.56 Å². The topological polar surface area (TPSA) is 64.9 Å². The second-order valence-corrected chi connectivity index (χ2v) is 5.14. The van der Waals surface area contributed by atoms with Crippen molar-refractivity contribution >= 4 is 23.2 Å². The zero-order valence-corrected chi connectivity index (χ0v) is 11.5. The van der Waals surface area contributed by atoms with E-state index in [-0.39, 0.29) is 12.0 Å². The number of aromatic nitrogens is 2. The van der Waals surface area contributed by atoms with E-state index >= 15 is 0 Å². The molecule has 0 bridgehead atoms. The molecule has 0 amide bonds. The summed E-state index contributed by atoms with van der Waals surface area (Å²) in [6, 6.07) is 5.07. The molecule has 2 N–H and O–H groups in total. The molecule has 0 radical (unpaired) electrons. The molecule has 1 aromatic heterocycles. The number of hydrogen-bond acceptors (Lipinski definition) is 4. The Labute approximate surface area is 115 Å². The monoisotopic (exact) mass is 285 g/mol. The molecule has 2 rings (SSSR count). The van der Waals surface area contributed by atoms with Crippen molar-refractivity contribution in [1.82, 2.24) is 10.1 Å². The number of nitrogens with zero attached hydrogens (tertiary/aromatic N) is 2. The van der Waals surface area contributed by atoms with E-state index in [1.54, 1.807) is 18.2 Å². The first-order chi connectivity index (χ1) is 8.47. The molecule has 1 aromatic carbocycles. The third-order valence-electron chi connectivity index (χ3n) is 2.74. The molecule has 0 saturated carbocycles. The van der Waals surface area contributed by atoms with Gasteiger partial charge in [-0.2, -0.15) is 4.98 Å². The van der Waals surface area contributed by atoms with Gasteiger partial charge in [0.05, 0.1) is 5.92 Å². The highest BCUT2D eigenvalue weighted by atomic mass is 35.5. The van der Waals surface area contributed by atoms with Gasteiger partial charge < -0.3 is 10.3 Å². The molecule has 0 aliphatic rings. The van der Waals surface area contributed by atoms with Crippen LogP contribution in [0.5, 0.6) is 0 Å². The highest BCUT2D eigenvalue weighted by Crippen LogP contribution is 2.26. The van der Waals surface area contributed by atoms with Crippen LogP contribution in [0.1, 0.15) is 25.7 Å². The minimum Gasteiger partial charge on any atom is -0.339 e. The molecule has 2 aromatic rings. The van der Waals surface area contributed by atoms with E-state index in [1.165, 1.54) is 0 Å². The highest BCUT2D eigenvalue weighted by molar-refractivity contribution is 6.35. The van der Waals surface area contributed by atoms with Crippen LogP contribution in [0.2, 0.25) is 10.0 Å². The van der Waals surface area contributed by atoms with Gasteiger partial charge in [-0.25, -0.2) is 0 Å². The smallest absolute Gasteiger partial charge is 0.231 e. The fourth-order valence-corrected chi connectivity index (χ4v) is 1.97. The van der Waals surface area contributed by atoms with Crippen molar-refractivity contribution < 1.29 is 4.52 Å². The fourth-order valence-electron chi connectivity index (χ4n) is 1.45. The maximum atomic E-state index is 5.93. The maximum Gasteiger partial charge on any atom is 0.231 e. The summed E-state index contributed by atoms with van der Waals surface area (Å²) in [6.07, 6.45) is 0. The lowest BCUT2D eigenvalue weighted by Crippen LogP contribution is -2.22. The summed E-state index contributed by atoms with van der Waals surface area (Å²) < 4.78 is 5.19. The van der Waals surface area contributed by atoms with E-state index in [1.807, 2.05) is 13.8 Å². The van der Waals surface area contributed by atoms with Crippen molar-refractivity contribution in [2.24, 2.45) is 5.73 Å². The summed E-state index contributed by atoms with van der Waals surface area (Å²) in [6.45, 7) is 3.83. The molecule has 1 heterocycles. The predicted octanol–water partition coefficient (Wildman–Crippen LogP) is 3.49. The second-order valence-electron chi connectivity index (χ2n) is 4.26. The summed E-state index contributed by atoms with van der Waals surface area (Å²) in [5, 5.41) is 4.98. The standard InChI is InChI=1S/C12H13Cl2N3O/c1-6(7(2)15)12-16-11(17-18-12)8-3-9(13)5-10(14)4-8/h3-7H,15H2,1-2H3. The van der Waals surface area contributed by atoms with Crippen LogP contribution in [-0.2, 0) is 0 Å². The van der Waals surface area contributed by atoms with Crippen molar-refractivity contribution in [2.45, 2.75) is 25.8 Å². The van der Waals surface area contributed by atoms with Gasteiger partial charge >= 0.3 is 0 Å². The summed E-state index contributed by atoms with van der Waals surface area (Å²) >= 11 is 11.9. The average molecular weight is 286 g/mol. The van der Waals surface area contributed by atoms with Gasteiger partial charge in [0.15, 0.2) is 0 Å². The van der Waals surface area contributed by atoms with Gasteiger partial charge in [0.2, 0.25) is 11.7 Å². The highest BCUT2D eigenvalue weighted by Gasteiger charge is 2.18. The number of benzene rings is 1. The van der Waals surface area contributed by atoms with Gasteiger partial charge in [-0.05, 0) is 25.1 Å². The van der Waals surface area contributed by atoms with Crippen LogP contribution >= 0.6 is 23.2 Å². The molecule has 2 unspecified atom stereocenters. The van der Waals surface area contributed by atoms with Gasteiger partial charge in [-0.15, -0.1) is 0 Å². The van der Waals surface area contributed by atoms with Crippen molar-refractivity contribution in [3.8, 4) is 11.4 Å². The van der Waals surface area contributed by atoms with Gasteiger partial charge in [0, 0.05) is 21.7 Å². The van der Waals surface area contributed by atoms with Crippen molar-refractivity contribution in [3.63, 3.8) is 0 Å². The molecule has 0 aliphatic heterocycles. The minimum absolute atomic E-state index is 0.000839. The molecule has 0 fully saturated rings. The number of halogens is 2. The van der Waals surface area contributed by atoms with E-state index in [2.05, 4.69) is 10.1 Å². The quantitative estimate of drug-likeness (QED) is 0.937. The normalized spacial score (nSPS) is 14.5. The Hall–Kier alpha value is -1.10. The van der Waals surface area contributed by atoms with Crippen LogP contribution in [0.4, 0.5) is 0 Å². The van der Waals surface area contributed by atoms with Crippen molar-refractivity contribution in [3.05, 3.63) is 34.1 Å². The summed E-state index contributed by atoms with van der Waals surface area (Å²) in [5.41, 5.74) is 6.52. The molecule has 18 heavy (non-hydrogen) atoms. The molecule has 0 saturated heterocycles. The third-order valence-corrected chi connectivity index (χ3v) is 3.18. The van der Waals surface area contributed by atoms with Gasteiger partial charge in [0.25, 0.3) is 0 Å².